The average molecular weight is 226 g/mol. The molecule has 0 radical (unpaired) electrons. The SMILES string of the molecule is N=C(N)C1CC2=C(CC(C(=O)O)CC2)S1. The van der Waals surface area contributed by atoms with Crippen molar-refractivity contribution in [1.29, 1.82) is 5.41 Å². The van der Waals surface area contributed by atoms with E-state index >= 15 is 0 Å². The first-order chi connectivity index (χ1) is 7.08. The largest absolute Gasteiger partial charge is 0.481 e. The summed E-state index contributed by atoms with van der Waals surface area (Å²) in [5.41, 5.74) is 6.80. The van der Waals surface area contributed by atoms with Crippen LogP contribution in [0.4, 0.5) is 0 Å². The number of hydrogen-bond acceptors (Lipinski definition) is 3. The molecule has 0 fully saturated rings. The van der Waals surface area contributed by atoms with E-state index in [2.05, 4.69) is 0 Å². The van der Waals surface area contributed by atoms with Gasteiger partial charge in [0.05, 0.1) is 11.2 Å². The Kier molecular flexibility index (Phi) is 2.73. The summed E-state index contributed by atoms with van der Waals surface area (Å²) in [4.78, 5) is 12.0. The van der Waals surface area contributed by atoms with E-state index in [1.807, 2.05) is 0 Å². The number of amidine groups is 1. The molecule has 0 saturated heterocycles. The van der Waals surface area contributed by atoms with Gasteiger partial charge in [-0.25, -0.2) is 0 Å². The zero-order valence-corrected chi connectivity index (χ0v) is 9.14. The van der Waals surface area contributed by atoms with Crippen LogP contribution in [0.5, 0.6) is 0 Å². The van der Waals surface area contributed by atoms with Crippen LogP contribution < -0.4 is 5.73 Å². The molecule has 82 valence electrons. The summed E-state index contributed by atoms with van der Waals surface area (Å²) >= 11 is 1.59. The molecule has 1 aliphatic heterocycles. The van der Waals surface area contributed by atoms with Gasteiger partial charge >= 0.3 is 5.97 Å². The predicted octanol–water partition coefficient (Wildman–Crippen LogP) is 1.57. The zero-order chi connectivity index (χ0) is 11.0. The van der Waals surface area contributed by atoms with Gasteiger partial charge in [0, 0.05) is 0 Å². The van der Waals surface area contributed by atoms with Crippen LogP contribution in [0.15, 0.2) is 10.5 Å². The quantitative estimate of drug-likeness (QED) is 0.492. The normalized spacial score (nSPS) is 30.1. The average Bonchev–Trinajstić information content (AvgIpc) is 2.59. The van der Waals surface area contributed by atoms with Gasteiger partial charge in [0.2, 0.25) is 0 Å². The lowest BCUT2D eigenvalue weighted by Gasteiger charge is -2.19. The Hall–Kier alpha value is -0.970. The number of hydrogen-bond donors (Lipinski definition) is 3. The van der Waals surface area contributed by atoms with Crippen molar-refractivity contribution in [3.63, 3.8) is 0 Å². The molecule has 1 aliphatic carbocycles. The maximum absolute atomic E-state index is 10.9. The van der Waals surface area contributed by atoms with E-state index in [-0.39, 0.29) is 17.0 Å². The number of allylic oxidation sites excluding steroid dienone is 2. The van der Waals surface area contributed by atoms with E-state index in [1.165, 1.54) is 10.5 Å². The Morgan fingerprint density at radius 2 is 2.27 bits per heavy atom. The van der Waals surface area contributed by atoms with Crippen molar-refractivity contribution in [2.45, 2.75) is 30.9 Å². The number of nitrogens with one attached hydrogen (secondary N) is 1. The smallest absolute Gasteiger partial charge is 0.306 e. The fourth-order valence-electron chi connectivity index (χ4n) is 2.13. The Balaban J connectivity index is 2.05. The van der Waals surface area contributed by atoms with Crippen molar-refractivity contribution in [2.24, 2.45) is 11.7 Å². The molecule has 4 N–H and O–H groups in total. The molecule has 2 unspecified atom stereocenters. The van der Waals surface area contributed by atoms with Crippen molar-refractivity contribution in [3.8, 4) is 0 Å². The standard InChI is InChI=1S/C10H14N2O2S/c11-9(12)8-3-5-1-2-6(10(13)14)4-7(5)15-8/h6,8H,1-4H2,(H3,11,12)(H,13,14). The zero-order valence-electron chi connectivity index (χ0n) is 8.32. The Bertz CT molecular complexity index is 351. The molecule has 2 aliphatic rings. The third-order valence-electron chi connectivity index (χ3n) is 3.03. The molecule has 2 atom stereocenters. The molecule has 0 saturated carbocycles. The number of carbonyl (C=O) groups is 1. The van der Waals surface area contributed by atoms with Crippen LogP contribution in [-0.2, 0) is 4.79 Å². The fourth-order valence-corrected chi connectivity index (χ4v) is 3.53. The second-order valence-corrected chi connectivity index (χ2v) is 5.37. The Morgan fingerprint density at radius 3 is 2.87 bits per heavy atom. The first-order valence-electron chi connectivity index (χ1n) is 5.02. The van der Waals surface area contributed by atoms with Crippen LogP contribution in [0.3, 0.4) is 0 Å². The van der Waals surface area contributed by atoms with E-state index in [0.717, 1.165) is 19.3 Å². The monoisotopic (exact) mass is 226 g/mol. The van der Waals surface area contributed by atoms with Crippen LogP contribution in [0.1, 0.15) is 25.7 Å². The molecule has 1 heterocycles. The van der Waals surface area contributed by atoms with Crippen molar-refractivity contribution in [2.75, 3.05) is 0 Å². The summed E-state index contributed by atoms with van der Waals surface area (Å²) < 4.78 is 0. The predicted molar refractivity (Wildman–Crippen MR) is 59.9 cm³/mol. The second kappa shape index (κ2) is 3.89. The summed E-state index contributed by atoms with van der Waals surface area (Å²) in [7, 11) is 0. The summed E-state index contributed by atoms with van der Waals surface area (Å²) in [5, 5.41) is 16.4. The summed E-state index contributed by atoms with van der Waals surface area (Å²) in [6, 6.07) is 0. The van der Waals surface area contributed by atoms with Crippen LogP contribution in [-0.4, -0.2) is 22.2 Å². The number of nitrogens with two attached hydrogens (primary N) is 1. The number of carboxylic acids is 1. The number of thioether (sulfide) groups is 1. The lowest BCUT2D eigenvalue weighted by atomic mass is 9.88. The van der Waals surface area contributed by atoms with Crippen molar-refractivity contribution in [1.82, 2.24) is 0 Å². The highest BCUT2D eigenvalue weighted by molar-refractivity contribution is 8.04. The van der Waals surface area contributed by atoms with Crippen LogP contribution >= 0.6 is 11.8 Å². The summed E-state index contributed by atoms with van der Waals surface area (Å²) in [6.07, 6.45) is 3.09. The Morgan fingerprint density at radius 1 is 1.53 bits per heavy atom. The van der Waals surface area contributed by atoms with E-state index in [0.29, 0.717) is 6.42 Å². The second-order valence-electron chi connectivity index (χ2n) is 4.07. The lowest BCUT2D eigenvalue weighted by molar-refractivity contribution is -0.142. The topological polar surface area (TPSA) is 87.2 Å². The number of rotatable bonds is 2. The highest BCUT2D eigenvalue weighted by Gasteiger charge is 2.33. The molecular weight excluding hydrogens is 212 g/mol. The van der Waals surface area contributed by atoms with Gasteiger partial charge in [-0.05, 0) is 30.6 Å². The number of carboxylic acid groups (broad SMARTS) is 1. The van der Waals surface area contributed by atoms with Gasteiger partial charge in [-0.2, -0.15) is 0 Å². The molecule has 2 rings (SSSR count). The highest BCUT2D eigenvalue weighted by Crippen LogP contribution is 2.46. The minimum atomic E-state index is -0.701. The fraction of sp³-hybridized carbons (Fsp3) is 0.600. The van der Waals surface area contributed by atoms with Crippen molar-refractivity contribution >= 4 is 23.6 Å². The minimum absolute atomic E-state index is 0.0579. The highest BCUT2D eigenvalue weighted by atomic mass is 32.2. The third kappa shape index (κ3) is 2.02. The number of aliphatic carboxylic acids is 1. The van der Waals surface area contributed by atoms with Gasteiger partial charge in [0.1, 0.15) is 5.84 Å². The molecule has 0 aromatic carbocycles. The van der Waals surface area contributed by atoms with Gasteiger partial charge in [-0.15, -0.1) is 11.8 Å². The third-order valence-corrected chi connectivity index (χ3v) is 4.48. The lowest BCUT2D eigenvalue weighted by Crippen LogP contribution is -2.22. The summed E-state index contributed by atoms with van der Waals surface area (Å²) in [5.74, 6) is -0.725. The van der Waals surface area contributed by atoms with Crippen LogP contribution in [0, 0.1) is 11.3 Å². The molecule has 0 aromatic rings. The van der Waals surface area contributed by atoms with Gasteiger partial charge in [0.25, 0.3) is 0 Å². The Labute approximate surface area is 92.4 Å². The molecular formula is C10H14N2O2S. The van der Waals surface area contributed by atoms with E-state index in [9.17, 15) is 4.79 Å². The first kappa shape index (κ1) is 10.5. The molecule has 0 spiro atoms. The van der Waals surface area contributed by atoms with Gasteiger partial charge in [0.15, 0.2) is 0 Å². The van der Waals surface area contributed by atoms with Gasteiger partial charge in [-0.1, -0.05) is 5.57 Å². The van der Waals surface area contributed by atoms with E-state index < -0.39 is 5.97 Å². The molecule has 5 heteroatoms. The van der Waals surface area contributed by atoms with Gasteiger partial charge < -0.3 is 10.8 Å². The molecule has 0 amide bonds. The van der Waals surface area contributed by atoms with E-state index in [1.54, 1.807) is 11.8 Å². The minimum Gasteiger partial charge on any atom is -0.481 e. The van der Waals surface area contributed by atoms with Crippen LogP contribution in [0.2, 0.25) is 0 Å². The van der Waals surface area contributed by atoms with Crippen molar-refractivity contribution in [3.05, 3.63) is 10.5 Å². The van der Waals surface area contributed by atoms with Crippen LogP contribution in [0.25, 0.3) is 0 Å². The summed E-state index contributed by atoms with van der Waals surface area (Å²) in [6.45, 7) is 0. The molecule has 15 heavy (non-hydrogen) atoms. The van der Waals surface area contributed by atoms with Gasteiger partial charge in [-0.3, -0.25) is 10.2 Å². The molecule has 4 nitrogen and oxygen atoms in total. The first-order valence-corrected chi connectivity index (χ1v) is 5.90. The maximum Gasteiger partial charge on any atom is 0.306 e. The maximum atomic E-state index is 10.9. The molecule has 0 bridgehead atoms. The van der Waals surface area contributed by atoms with Crippen molar-refractivity contribution < 1.29 is 9.90 Å². The van der Waals surface area contributed by atoms with E-state index in [4.69, 9.17) is 16.2 Å². The molecule has 0 aromatic heterocycles.